The summed E-state index contributed by atoms with van der Waals surface area (Å²) in [6.45, 7) is 10.6. The van der Waals surface area contributed by atoms with Gasteiger partial charge in [-0.15, -0.1) is 24.0 Å². The molecule has 0 aromatic rings. The SMILES string of the molecule is CCOC(=O)N1CCC(NC(=NC)NCCC2CCN(CC)CC2)CC1.I. The summed E-state index contributed by atoms with van der Waals surface area (Å²) < 4.78 is 5.07. The van der Waals surface area contributed by atoms with Crippen LogP contribution in [0.4, 0.5) is 4.79 Å². The molecular weight excluding hydrogens is 457 g/mol. The molecule has 0 unspecified atom stereocenters. The van der Waals surface area contributed by atoms with Crippen molar-refractivity contribution in [2.75, 3.05) is 52.9 Å². The highest BCUT2D eigenvalue weighted by Crippen LogP contribution is 2.19. The van der Waals surface area contributed by atoms with Gasteiger partial charge in [0.05, 0.1) is 6.61 Å². The van der Waals surface area contributed by atoms with Crippen LogP contribution in [0.2, 0.25) is 0 Å². The van der Waals surface area contributed by atoms with Crippen LogP contribution in [-0.2, 0) is 4.74 Å². The number of carbonyl (C=O) groups is 1. The summed E-state index contributed by atoms with van der Waals surface area (Å²) in [6, 6.07) is 0.361. The minimum absolute atomic E-state index is 0. The smallest absolute Gasteiger partial charge is 0.409 e. The molecule has 158 valence electrons. The predicted molar refractivity (Wildman–Crippen MR) is 121 cm³/mol. The summed E-state index contributed by atoms with van der Waals surface area (Å²) in [5, 5.41) is 6.97. The number of nitrogens with one attached hydrogen (secondary N) is 2. The minimum Gasteiger partial charge on any atom is -0.450 e. The van der Waals surface area contributed by atoms with Gasteiger partial charge in [0.2, 0.25) is 0 Å². The Morgan fingerprint density at radius 3 is 2.33 bits per heavy atom. The molecule has 0 radical (unpaired) electrons. The Morgan fingerprint density at radius 1 is 1.11 bits per heavy atom. The highest BCUT2D eigenvalue weighted by Gasteiger charge is 2.24. The molecule has 2 aliphatic heterocycles. The van der Waals surface area contributed by atoms with Gasteiger partial charge < -0.3 is 25.2 Å². The molecule has 2 saturated heterocycles. The summed E-state index contributed by atoms with van der Waals surface area (Å²) in [5.41, 5.74) is 0. The zero-order valence-corrected chi connectivity index (χ0v) is 19.5. The summed E-state index contributed by atoms with van der Waals surface area (Å²) in [7, 11) is 1.82. The van der Waals surface area contributed by atoms with E-state index >= 15 is 0 Å². The van der Waals surface area contributed by atoms with E-state index < -0.39 is 0 Å². The van der Waals surface area contributed by atoms with Gasteiger partial charge in [0, 0.05) is 32.7 Å². The molecule has 0 spiro atoms. The van der Waals surface area contributed by atoms with Crippen LogP contribution in [0.25, 0.3) is 0 Å². The number of halogens is 1. The minimum atomic E-state index is -0.192. The van der Waals surface area contributed by atoms with Crippen molar-refractivity contribution >= 4 is 36.0 Å². The maximum absolute atomic E-state index is 11.8. The topological polar surface area (TPSA) is 69.2 Å². The van der Waals surface area contributed by atoms with Crippen LogP contribution < -0.4 is 10.6 Å². The maximum Gasteiger partial charge on any atom is 0.409 e. The summed E-state index contributed by atoms with van der Waals surface area (Å²) in [4.78, 5) is 20.4. The van der Waals surface area contributed by atoms with Crippen LogP contribution in [-0.4, -0.2) is 80.8 Å². The largest absolute Gasteiger partial charge is 0.450 e. The lowest BCUT2D eigenvalue weighted by Crippen LogP contribution is -2.50. The number of aliphatic imine (C=N–C) groups is 1. The normalized spacial score (nSPS) is 20.1. The molecule has 1 amide bonds. The number of rotatable bonds is 6. The Kier molecular flexibility index (Phi) is 12.1. The zero-order chi connectivity index (χ0) is 18.8. The lowest BCUT2D eigenvalue weighted by molar-refractivity contribution is 0.0963. The summed E-state index contributed by atoms with van der Waals surface area (Å²) >= 11 is 0. The third kappa shape index (κ3) is 8.41. The Morgan fingerprint density at radius 2 is 1.78 bits per heavy atom. The lowest BCUT2D eigenvalue weighted by Gasteiger charge is -2.33. The Bertz CT molecular complexity index is 447. The van der Waals surface area contributed by atoms with E-state index in [1.807, 2.05) is 14.0 Å². The van der Waals surface area contributed by atoms with Crippen LogP contribution in [0.5, 0.6) is 0 Å². The van der Waals surface area contributed by atoms with Gasteiger partial charge in [-0.1, -0.05) is 6.92 Å². The lowest BCUT2D eigenvalue weighted by atomic mass is 9.93. The Balaban J connectivity index is 0.00000364. The molecule has 8 heteroatoms. The molecule has 0 aromatic carbocycles. The molecule has 2 heterocycles. The van der Waals surface area contributed by atoms with Gasteiger partial charge in [-0.2, -0.15) is 0 Å². The van der Waals surface area contributed by atoms with E-state index in [9.17, 15) is 4.79 Å². The average molecular weight is 495 g/mol. The molecule has 2 fully saturated rings. The second-order valence-corrected chi connectivity index (χ2v) is 7.27. The monoisotopic (exact) mass is 495 g/mol. The molecule has 2 rings (SSSR count). The molecule has 0 atom stereocenters. The van der Waals surface area contributed by atoms with Crippen molar-refractivity contribution < 1.29 is 9.53 Å². The fourth-order valence-electron chi connectivity index (χ4n) is 3.80. The zero-order valence-electron chi connectivity index (χ0n) is 17.2. The Hall–Kier alpha value is -0.770. The quantitative estimate of drug-likeness (QED) is 0.337. The van der Waals surface area contributed by atoms with Gasteiger partial charge in [-0.3, -0.25) is 4.99 Å². The molecule has 0 bridgehead atoms. The first-order chi connectivity index (χ1) is 12.7. The molecule has 0 saturated carbocycles. The van der Waals surface area contributed by atoms with E-state index in [1.165, 1.54) is 38.9 Å². The molecule has 0 aromatic heterocycles. The third-order valence-electron chi connectivity index (χ3n) is 5.58. The van der Waals surface area contributed by atoms with Gasteiger partial charge in [0.1, 0.15) is 0 Å². The molecule has 2 N–H and O–H groups in total. The number of piperidine rings is 2. The number of hydrogen-bond donors (Lipinski definition) is 2. The van der Waals surface area contributed by atoms with Crippen LogP contribution in [0, 0.1) is 5.92 Å². The van der Waals surface area contributed by atoms with Crippen LogP contribution >= 0.6 is 24.0 Å². The average Bonchev–Trinajstić information content (AvgIpc) is 2.68. The van der Waals surface area contributed by atoms with Crippen LogP contribution in [0.1, 0.15) is 46.0 Å². The van der Waals surface area contributed by atoms with Crippen molar-refractivity contribution in [3.8, 4) is 0 Å². The third-order valence-corrected chi connectivity index (χ3v) is 5.58. The fourth-order valence-corrected chi connectivity index (χ4v) is 3.80. The van der Waals surface area contributed by atoms with Crippen molar-refractivity contribution in [1.82, 2.24) is 20.4 Å². The van der Waals surface area contributed by atoms with Crippen molar-refractivity contribution in [1.29, 1.82) is 0 Å². The molecule has 7 nitrogen and oxygen atoms in total. The second-order valence-electron chi connectivity index (χ2n) is 7.27. The first-order valence-electron chi connectivity index (χ1n) is 10.3. The summed E-state index contributed by atoms with van der Waals surface area (Å²) in [5.74, 6) is 1.71. The standard InChI is InChI=1S/C19H37N5O2.HI/c1-4-23-12-7-16(8-13-23)6-11-21-18(20-3)22-17-9-14-24(15-10-17)19(25)26-5-2;/h16-17H,4-15H2,1-3H3,(H2,20,21,22);1H. The van der Waals surface area contributed by atoms with E-state index in [2.05, 4.69) is 27.4 Å². The fraction of sp³-hybridized carbons (Fsp3) is 0.895. The van der Waals surface area contributed by atoms with Gasteiger partial charge in [0.15, 0.2) is 5.96 Å². The predicted octanol–water partition coefficient (Wildman–Crippen LogP) is 2.51. The number of nitrogens with zero attached hydrogens (tertiary/aromatic N) is 3. The molecular formula is C19H38IN5O2. The number of likely N-dealkylation sites (tertiary alicyclic amines) is 2. The number of carbonyl (C=O) groups excluding carboxylic acids is 1. The van der Waals surface area contributed by atoms with Crippen LogP contribution in [0.3, 0.4) is 0 Å². The van der Waals surface area contributed by atoms with Crippen molar-refractivity contribution in [2.24, 2.45) is 10.9 Å². The highest BCUT2D eigenvalue weighted by atomic mass is 127. The maximum atomic E-state index is 11.8. The van der Waals surface area contributed by atoms with Crippen molar-refractivity contribution in [3.63, 3.8) is 0 Å². The molecule has 27 heavy (non-hydrogen) atoms. The van der Waals surface area contributed by atoms with E-state index in [0.29, 0.717) is 12.6 Å². The van der Waals surface area contributed by atoms with Crippen molar-refractivity contribution in [3.05, 3.63) is 0 Å². The number of ether oxygens (including phenoxy) is 1. The number of guanidine groups is 1. The number of hydrogen-bond acceptors (Lipinski definition) is 4. The van der Waals surface area contributed by atoms with E-state index in [1.54, 1.807) is 4.90 Å². The van der Waals surface area contributed by atoms with E-state index in [4.69, 9.17) is 4.74 Å². The second kappa shape index (κ2) is 13.4. The van der Waals surface area contributed by atoms with Gasteiger partial charge in [0.25, 0.3) is 0 Å². The highest BCUT2D eigenvalue weighted by molar-refractivity contribution is 14.0. The Labute approximate surface area is 181 Å². The first-order valence-corrected chi connectivity index (χ1v) is 10.3. The molecule has 0 aliphatic carbocycles. The van der Waals surface area contributed by atoms with E-state index in [-0.39, 0.29) is 30.1 Å². The van der Waals surface area contributed by atoms with Crippen molar-refractivity contribution in [2.45, 2.75) is 52.0 Å². The number of amides is 1. The van der Waals surface area contributed by atoms with Gasteiger partial charge >= 0.3 is 6.09 Å². The first kappa shape index (κ1) is 24.3. The van der Waals surface area contributed by atoms with E-state index in [0.717, 1.165) is 44.4 Å². The van der Waals surface area contributed by atoms with Gasteiger partial charge in [-0.05, 0) is 64.6 Å². The van der Waals surface area contributed by atoms with Crippen LogP contribution in [0.15, 0.2) is 4.99 Å². The summed E-state index contributed by atoms with van der Waals surface area (Å²) in [6.07, 6.45) is 5.49. The van der Waals surface area contributed by atoms with Gasteiger partial charge in [-0.25, -0.2) is 4.79 Å². The molecule has 2 aliphatic rings.